The highest BCUT2D eigenvalue weighted by Crippen LogP contribution is 2.15. The van der Waals surface area contributed by atoms with Crippen molar-refractivity contribution in [2.75, 3.05) is 10.6 Å². The third-order valence-corrected chi connectivity index (χ3v) is 3.06. The number of rotatable bonds is 4. The Balaban J connectivity index is 1.75. The average molecular weight is 309 g/mol. The molecule has 0 unspecified atom stereocenters. The van der Waals surface area contributed by atoms with Crippen molar-refractivity contribution in [3.05, 3.63) is 59.7 Å². The molecule has 0 aliphatic heterocycles. The number of nitrogens with zero attached hydrogens (tertiary/aromatic N) is 3. The van der Waals surface area contributed by atoms with Crippen LogP contribution in [0.25, 0.3) is 0 Å². The van der Waals surface area contributed by atoms with Crippen LogP contribution in [0.2, 0.25) is 0 Å². The van der Waals surface area contributed by atoms with Gasteiger partial charge in [-0.3, -0.25) is 4.79 Å². The number of benzene rings is 1. The van der Waals surface area contributed by atoms with Crippen molar-refractivity contribution in [3.8, 4) is 0 Å². The molecule has 0 bridgehead atoms. The molecule has 3 aromatic rings. The molecule has 2 aromatic heterocycles. The minimum atomic E-state index is -0.308. The van der Waals surface area contributed by atoms with Gasteiger partial charge in [-0.15, -0.1) is 0 Å². The Hall–Kier alpha value is -3.22. The molecule has 23 heavy (non-hydrogen) atoms. The Bertz CT molecular complexity index is 844. The lowest BCUT2D eigenvalue weighted by atomic mass is 10.2. The van der Waals surface area contributed by atoms with E-state index in [2.05, 4.69) is 25.8 Å². The SMILES string of the molecule is Cc1cccc(NC(=O)c2cc(Nc3cc(C)on3)ncn2)c1. The quantitative estimate of drug-likeness (QED) is 0.769. The molecule has 0 radical (unpaired) electrons. The first-order chi connectivity index (χ1) is 11.1. The molecule has 0 fully saturated rings. The number of hydrogen-bond acceptors (Lipinski definition) is 6. The van der Waals surface area contributed by atoms with E-state index in [-0.39, 0.29) is 11.6 Å². The zero-order valence-corrected chi connectivity index (χ0v) is 12.7. The molecule has 0 aliphatic carbocycles. The van der Waals surface area contributed by atoms with Crippen LogP contribution in [0.1, 0.15) is 21.8 Å². The first-order valence-electron chi connectivity index (χ1n) is 7.00. The van der Waals surface area contributed by atoms with E-state index in [9.17, 15) is 4.79 Å². The maximum Gasteiger partial charge on any atom is 0.274 e. The molecule has 1 aromatic carbocycles. The van der Waals surface area contributed by atoms with Crippen LogP contribution in [0.5, 0.6) is 0 Å². The number of carbonyl (C=O) groups excluding carboxylic acids is 1. The number of carbonyl (C=O) groups is 1. The van der Waals surface area contributed by atoms with Gasteiger partial charge in [-0.1, -0.05) is 17.3 Å². The van der Waals surface area contributed by atoms with Gasteiger partial charge < -0.3 is 15.2 Å². The highest BCUT2D eigenvalue weighted by Gasteiger charge is 2.10. The molecule has 0 atom stereocenters. The predicted octanol–water partition coefficient (Wildman–Crippen LogP) is 3.08. The van der Waals surface area contributed by atoms with Gasteiger partial charge in [0.2, 0.25) is 0 Å². The van der Waals surface area contributed by atoms with E-state index in [4.69, 9.17) is 4.52 Å². The van der Waals surface area contributed by atoms with Gasteiger partial charge in [-0.25, -0.2) is 9.97 Å². The molecule has 0 saturated heterocycles. The van der Waals surface area contributed by atoms with Gasteiger partial charge in [0, 0.05) is 17.8 Å². The molecule has 1 amide bonds. The van der Waals surface area contributed by atoms with E-state index in [0.29, 0.717) is 17.4 Å². The van der Waals surface area contributed by atoms with Crippen molar-refractivity contribution in [2.45, 2.75) is 13.8 Å². The molecule has 0 saturated carbocycles. The second kappa shape index (κ2) is 6.27. The van der Waals surface area contributed by atoms with Gasteiger partial charge in [0.15, 0.2) is 5.82 Å². The van der Waals surface area contributed by atoms with Gasteiger partial charge in [0.05, 0.1) is 0 Å². The maximum atomic E-state index is 12.3. The van der Waals surface area contributed by atoms with Crippen LogP contribution in [-0.4, -0.2) is 21.0 Å². The molecular formula is C16H15N5O2. The number of aromatic nitrogens is 3. The smallest absolute Gasteiger partial charge is 0.274 e. The van der Waals surface area contributed by atoms with Crippen LogP contribution >= 0.6 is 0 Å². The molecule has 7 heteroatoms. The lowest BCUT2D eigenvalue weighted by Gasteiger charge is -2.06. The summed E-state index contributed by atoms with van der Waals surface area (Å²) in [5.74, 6) is 1.35. The van der Waals surface area contributed by atoms with E-state index in [1.54, 1.807) is 19.1 Å². The lowest BCUT2D eigenvalue weighted by molar-refractivity contribution is 0.102. The fourth-order valence-electron chi connectivity index (χ4n) is 2.02. The van der Waals surface area contributed by atoms with Crippen molar-refractivity contribution < 1.29 is 9.32 Å². The van der Waals surface area contributed by atoms with Gasteiger partial charge >= 0.3 is 0 Å². The number of hydrogen-bond donors (Lipinski definition) is 2. The molecule has 2 N–H and O–H groups in total. The standard InChI is InChI=1S/C16H15N5O2/c1-10-4-3-5-12(6-10)19-16(22)13-8-14(18-9-17-13)20-15-7-11(2)23-21-15/h3-9H,1-2H3,(H,19,22)(H,17,18,20,21). The largest absolute Gasteiger partial charge is 0.360 e. The van der Waals surface area contributed by atoms with Crippen molar-refractivity contribution >= 4 is 23.2 Å². The molecule has 2 heterocycles. The minimum Gasteiger partial charge on any atom is -0.360 e. The number of anilines is 3. The monoisotopic (exact) mass is 309 g/mol. The van der Waals surface area contributed by atoms with Gasteiger partial charge in [-0.2, -0.15) is 0 Å². The number of amides is 1. The summed E-state index contributed by atoms with van der Waals surface area (Å²) in [6.07, 6.45) is 1.32. The fraction of sp³-hybridized carbons (Fsp3) is 0.125. The third-order valence-electron chi connectivity index (χ3n) is 3.06. The van der Waals surface area contributed by atoms with E-state index in [1.807, 2.05) is 31.2 Å². The summed E-state index contributed by atoms with van der Waals surface area (Å²) in [7, 11) is 0. The minimum absolute atomic E-state index is 0.254. The first-order valence-corrected chi connectivity index (χ1v) is 7.00. The molecular weight excluding hydrogens is 294 g/mol. The maximum absolute atomic E-state index is 12.3. The summed E-state index contributed by atoms with van der Waals surface area (Å²) in [4.78, 5) is 20.3. The van der Waals surface area contributed by atoms with E-state index in [0.717, 1.165) is 11.3 Å². The van der Waals surface area contributed by atoms with Crippen LogP contribution in [0.15, 0.2) is 47.2 Å². The Labute approximate surface area is 132 Å². The van der Waals surface area contributed by atoms with Crippen molar-refractivity contribution in [2.24, 2.45) is 0 Å². The second-order valence-electron chi connectivity index (χ2n) is 5.06. The molecule has 116 valence electrons. The summed E-state index contributed by atoms with van der Waals surface area (Å²) in [6, 6.07) is 10.8. The zero-order valence-electron chi connectivity index (χ0n) is 12.7. The summed E-state index contributed by atoms with van der Waals surface area (Å²) in [5, 5.41) is 9.58. The average Bonchev–Trinajstić information content (AvgIpc) is 2.92. The Morgan fingerprint density at radius 3 is 2.70 bits per heavy atom. The topological polar surface area (TPSA) is 92.9 Å². The van der Waals surface area contributed by atoms with E-state index < -0.39 is 0 Å². The van der Waals surface area contributed by atoms with Crippen LogP contribution in [-0.2, 0) is 0 Å². The summed E-state index contributed by atoms with van der Waals surface area (Å²) in [6.45, 7) is 3.75. The van der Waals surface area contributed by atoms with E-state index in [1.165, 1.54) is 6.33 Å². The highest BCUT2D eigenvalue weighted by atomic mass is 16.5. The Morgan fingerprint density at radius 2 is 1.96 bits per heavy atom. The van der Waals surface area contributed by atoms with Gasteiger partial charge in [0.25, 0.3) is 5.91 Å². The zero-order chi connectivity index (χ0) is 16.2. The third kappa shape index (κ3) is 3.70. The van der Waals surface area contributed by atoms with Gasteiger partial charge in [-0.05, 0) is 31.5 Å². The Morgan fingerprint density at radius 1 is 1.09 bits per heavy atom. The number of aryl methyl sites for hydroxylation is 2. The molecule has 0 spiro atoms. The second-order valence-corrected chi connectivity index (χ2v) is 5.06. The number of nitrogens with one attached hydrogen (secondary N) is 2. The lowest BCUT2D eigenvalue weighted by Crippen LogP contribution is -2.14. The normalized spacial score (nSPS) is 10.3. The molecule has 3 rings (SSSR count). The van der Waals surface area contributed by atoms with Crippen LogP contribution in [0.4, 0.5) is 17.3 Å². The molecule has 0 aliphatic rings. The van der Waals surface area contributed by atoms with Gasteiger partial charge in [0.1, 0.15) is 23.6 Å². The van der Waals surface area contributed by atoms with E-state index >= 15 is 0 Å². The first kappa shape index (κ1) is 14.7. The van der Waals surface area contributed by atoms with Crippen LogP contribution in [0, 0.1) is 13.8 Å². The predicted molar refractivity (Wildman–Crippen MR) is 85.7 cm³/mol. The fourth-order valence-corrected chi connectivity index (χ4v) is 2.02. The van der Waals surface area contributed by atoms with Crippen LogP contribution < -0.4 is 10.6 Å². The van der Waals surface area contributed by atoms with Crippen molar-refractivity contribution in [3.63, 3.8) is 0 Å². The summed E-state index contributed by atoms with van der Waals surface area (Å²) >= 11 is 0. The molecule has 7 nitrogen and oxygen atoms in total. The van der Waals surface area contributed by atoms with Crippen molar-refractivity contribution in [1.82, 2.24) is 15.1 Å². The highest BCUT2D eigenvalue weighted by molar-refractivity contribution is 6.03. The van der Waals surface area contributed by atoms with Crippen LogP contribution in [0.3, 0.4) is 0 Å². The summed E-state index contributed by atoms with van der Waals surface area (Å²) < 4.78 is 4.97. The Kier molecular flexibility index (Phi) is 4.01. The van der Waals surface area contributed by atoms with Crippen molar-refractivity contribution in [1.29, 1.82) is 0 Å². The summed E-state index contributed by atoms with van der Waals surface area (Å²) in [5.41, 5.74) is 2.04.